The number of aromatic nitrogens is 1. The Hall–Kier alpha value is -2.54. The minimum atomic E-state index is 0.0532. The van der Waals surface area contributed by atoms with Crippen LogP contribution in [-0.4, -0.2) is 54.2 Å². The molecule has 1 aliphatic rings. The van der Waals surface area contributed by atoms with Gasteiger partial charge >= 0.3 is 0 Å². The third-order valence-electron chi connectivity index (χ3n) is 5.36. The topological polar surface area (TPSA) is 58.8 Å². The van der Waals surface area contributed by atoms with E-state index in [-0.39, 0.29) is 5.43 Å². The zero-order chi connectivity index (χ0) is 20.1. The molecule has 0 aliphatic carbocycles. The largest absolute Gasteiger partial charge is 0.464 e. The molecule has 4 rings (SSSR count). The summed E-state index contributed by atoms with van der Waals surface area (Å²) in [5.74, 6) is 0. The average molecular weight is 393 g/mol. The maximum Gasteiger partial charge on any atom is 0.197 e. The van der Waals surface area contributed by atoms with Crippen LogP contribution in [0.2, 0.25) is 0 Å². The van der Waals surface area contributed by atoms with Crippen LogP contribution in [0.25, 0.3) is 11.0 Å². The maximum absolute atomic E-state index is 13.0. The number of ether oxygens (including phenoxy) is 1. The highest BCUT2D eigenvalue weighted by Gasteiger charge is 2.16. The quantitative estimate of drug-likeness (QED) is 0.615. The van der Waals surface area contributed by atoms with Crippen molar-refractivity contribution in [2.75, 3.05) is 39.4 Å². The van der Waals surface area contributed by atoms with Gasteiger partial charge < -0.3 is 9.15 Å². The van der Waals surface area contributed by atoms with Gasteiger partial charge in [0, 0.05) is 57.2 Å². The highest BCUT2D eigenvalue weighted by Crippen LogP contribution is 2.15. The second-order valence-corrected chi connectivity index (χ2v) is 7.62. The molecule has 6 nitrogen and oxygen atoms in total. The molecule has 0 spiro atoms. The normalized spacial score (nSPS) is 15.2. The third-order valence-corrected chi connectivity index (χ3v) is 5.36. The molecule has 0 amide bonds. The smallest absolute Gasteiger partial charge is 0.197 e. The molecule has 0 atom stereocenters. The molecule has 1 fully saturated rings. The zero-order valence-corrected chi connectivity index (χ0v) is 16.8. The van der Waals surface area contributed by atoms with Gasteiger partial charge in [-0.05, 0) is 30.7 Å². The number of pyridine rings is 1. The van der Waals surface area contributed by atoms with E-state index in [4.69, 9.17) is 9.15 Å². The van der Waals surface area contributed by atoms with Gasteiger partial charge in [-0.1, -0.05) is 17.7 Å². The maximum atomic E-state index is 13.0. The van der Waals surface area contributed by atoms with E-state index in [1.54, 1.807) is 12.5 Å². The van der Waals surface area contributed by atoms with Gasteiger partial charge in [-0.25, -0.2) is 0 Å². The fraction of sp³-hybridized carbons (Fsp3) is 0.391. The molecule has 1 aromatic carbocycles. The van der Waals surface area contributed by atoms with Gasteiger partial charge in [0.1, 0.15) is 5.58 Å². The number of morpholine rings is 1. The van der Waals surface area contributed by atoms with Gasteiger partial charge in [0.2, 0.25) is 0 Å². The van der Waals surface area contributed by atoms with E-state index in [1.165, 1.54) is 0 Å². The number of aryl methyl sites for hydroxylation is 1. The van der Waals surface area contributed by atoms with Crippen molar-refractivity contribution in [2.24, 2.45) is 0 Å². The van der Waals surface area contributed by atoms with Crippen LogP contribution >= 0.6 is 0 Å². The summed E-state index contributed by atoms with van der Waals surface area (Å²) in [5.41, 5.74) is 3.57. The monoisotopic (exact) mass is 393 g/mol. The Balaban J connectivity index is 1.54. The summed E-state index contributed by atoms with van der Waals surface area (Å²) >= 11 is 0. The summed E-state index contributed by atoms with van der Waals surface area (Å²) in [6.07, 6.45) is 5.28. The molecule has 0 unspecified atom stereocenters. The summed E-state index contributed by atoms with van der Waals surface area (Å²) in [4.78, 5) is 22.0. The van der Waals surface area contributed by atoms with Crippen LogP contribution < -0.4 is 5.43 Å². The first-order valence-corrected chi connectivity index (χ1v) is 10.1. The fourth-order valence-corrected chi connectivity index (χ4v) is 3.71. The Morgan fingerprint density at radius 1 is 1.17 bits per heavy atom. The standard InChI is InChI=1S/C23H27N3O3/c1-18-4-5-22-21(13-18)23(27)20(17-29-22)16-26(15-19-3-2-6-24-14-19)8-7-25-9-11-28-12-10-25/h2-6,13-14,17H,7-12,15-16H2,1H3. The van der Waals surface area contributed by atoms with Crippen molar-refractivity contribution < 1.29 is 9.15 Å². The first kappa shape index (κ1) is 19.8. The molecule has 1 aliphatic heterocycles. The molecule has 3 heterocycles. The van der Waals surface area contributed by atoms with Crippen LogP contribution in [0.15, 0.2) is 58.2 Å². The Bertz CT molecular complexity index is 997. The van der Waals surface area contributed by atoms with Gasteiger partial charge in [-0.3, -0.25) is 19.6 Å². The molecule has 152 valence electrons. The molecular weight excluding hydrogens is 366 g/mol. The zero-order valence-electron chi connectivity index (χ0n) is 16.8. The molecule has 1 saturated heterocycles. The third kappa shape index (κ3) is 5.09. The molecule has 3 aromatic rings. The number of hydrogen-bond donors (Lipinski definition) is 0. The minimum Gasteiger partial charge on any atom is -0.464 e. The molecule has 2 aromatic heterocycles. The van der Waals surface area contributed by atoms with Crippen LogP contribution in [-0.2, 0) is 17.8 Å². The minimum absolute atomic E-state index is 0.0532. The average Bonchev–Trinajstić information content (AvgIpc) is 2.76. The van der Waals surface area contributed by atoms with Gasteiger partial charge in [-0.15, -0.1) is 0 Å². The van der Waals surface area contributed by atoms with Gasteiger partial charge in [0.05, 0.1) is 24.9 Å². The van der Waals surface area contributed by atoms with E-state index in [2.05, 4.69) is 20.9 Å². The number of fused-ring (bicyclic) bond motifs is 1. The summed E-state index contributed by atoms with van der Waals surface area (Å²) in [6.45, 7) is 8.57. The van der Waals surface area contributed by atoms with Crippen LogP contribution in [0.1, 0.15) is 16.7 Å². The van der Waals surface area contributed by atoms with Crippen molar-refractivity contribution >= 4 is 11.0 Å². The Morgan fingerprint density at radius 2 is 2.03 bits per heavy atom. The Morgan fingerprint density at radius 3 is 2.83 bits per heavy atom. The van der Waals surface area contributed by atoms with Crippen LogP contribution in [0, 0.1) is 6.92 Å². The molecule has 6 heteroatoms. The predicted molar refractivity (Wildman–Crippen MR) is 113 cm³/mol. The number of benzene rings is 1. The van der Waals surface area contributed by atoms with Gasteiger partial charge in [-0.2, -0.15) is 0 Å². The van der Waals surface area contributed by atoms with Crippen LogP contribution in [0.5, 0.6) is 0 Å². The molecule has 0 saturated carbocycles. The van der Waals surface area contributed by atoms with Crippen molar-refractivity contribution in [1.29, 1.82) is 0 Å². The summed E-state index contributed by atoms with van der Waals surface area (Å²) in [7, 11) is 0. The lowest BCUT2D eigenvalue weighted by Gasteiger charge is -2.30. The van der Waals surface area contributed by atoms with Crippen molar-refractivity contribution in [2.45, 2.75) is 20.0 Å². The summed E-state index contributed by atoms with van der Waals surface area (Å²) < 4.78 is 11.2. The van der Waals surface area contributed by atoms with Crippen molar-refractivity contribution in [1.82, 2.24) is 14.8 Å². The molecule has 0 bridgehead atoms. The van der Waals surface area contributed by atoms with Crippen LogP contribution in [0.4, 0.5) is 0 Å². The van der Waals surface area contributed by atoms with E-state index in [9.17, 15) is 4.79 Å². The lowest BCUT2D eigenvalue weighted by atomic mass is 10.1. The molecule has 0 radical (unpaired) electrons. The second kappa shape index (κ2) is 9.31. The van der Waals surface area contributed by atoms with Crippen molar-refractivity contribution in [3.63, 3.8) is 0 Å². The SMILES string of the molecule is Cc1ccc2occ(CN(CCN3CCOCC3)Cc3cccnc3)c(=O)c2c1. The van der Waals surface area contributed by atoms with E-state index < -0.39 is 0 Å². The van der Waals surface area contributed by atoms with E-state index in [0.717, 1.165) is 57.1 Å². The van der Waals surface area contributed by atoms with Crippen molar-refractivity contribution in [3.05, 3.63) is 75.9 Å². The second-order valence-electron chi connectivity index (χ2n) is 7.62. The van der Waals surface area contributed by atoms with E-state index in [1.807, 2.05) is 37.4 Å². The first-order chi connectivity index (χ1) is 14.2. The molecular formula is C23H27N3O3. The molecule has 29 heavy (non-hydrogen) atoms. The van der Waals surface area contributed by atoms with Crippen molar-refractivity contribution in [3.8, 4) is 0 Å². The van der Waals surface area contributed by atoms with E-state index in [0.29, 0.717) is 23.1 Å². The summed E-state index contributed by atoms with van der Waals surface area (Å²) in [6, 6.07) is 9.75. The lowest BCUT2D eigenvalue weighted by molar-refractivity contribution is 0.0324. The van der Waals surface area contributed by atoms with E-state index >= 15 is 0 Å². The molecule has 0 N–H and O–H groups in total. The number of hydrogen-bond acceptors (Lipinski definition) is 6. The fourth-order valence-electron chi connectivity index (χ4n) is 3.71. The van der Waals surface area contributed by atoms with Gasteiger partial charge in [0.25, 0.3) is 0 Å². The highest BCUT2D eigenvalue weighted by atomic mass is 16.5. The Labute approximate surface area is 170 Å². The lowest BCUT2D eigenvalue weighted by Crippen LogP contribution is -2.41. The first-order valence-electron chi connectivity index (χ1n) is 10.1. The number of nitrogens with zero attached hydrogens (tertiary/aromatic N) is 3. The highest BCUT2D eigenvalue weighted by molar-refractivity contribution is 5.77. The van der Waals surface area contributed by atoms with Crippen LogP contribution in [0.3, 0.4) is 0 Å². The number of rotatable bonds is 7. The summed E-state index contributed by atoms with van der Waals surface area (Å²) in [5, 5.41) is 0.650. The Kier molecular flexibility index (Phi) is 6.34. The van der Waals surface area contributed by atoms with Gasteiger partial charge in [0.15, 0.2) is 5.43 Å². The predicted octanol–water partition coefficient (Wildman–Crippen LogP) is 2.83.